The number of benzene rings is 1. The molecule has 1 aromatic carbocycles. The molecule has 0 fully saturated rings. The first kappa shape index (κ1) is 19.3. The van der Waals surface area contributed by atoms with E-state index in [4.69, 9.17) is 9.47 Å². The minimum absolute atomic E-state index is 0. The van der Waals surface area contributed by atoms with Crippen molar-refractivity contribution in [3.63, 3.8) is 0 Å². The number of rotatable bonds is 4. The summed E-state index contributed by atoms with van der Waals surface area (Å²) in [6.45, 7) is 8.35. The van der Waals surface area contributed by atoms with Crippen molar-refractivity contribution in [3.05, 3.63) is 29.3 Å². The Hall–Kier alpha value is -1.75. The van der Waals surface area contributed by atoms with Crippen molar-refractivity contribution >= 4 is 6.09 Å². The first-order chi connectivity index (χ1) is 10.2. The zero-order valence-corrected chi connectivity index (χ0v) is 14.2. The molecule has 0 saturated heterocycles. The van der Waals surface area contributed by atoms with Gasteiger partial charge in [0, 0.05) is 19.6 Å². The second kappa shape index (κ2) is 7.68. The third-order valence-electron chi connectivity index (χ3n) is 3.36. The standard InChI is InChI=1S/C17H26N2O3.CH4/c1-17(2,3)22-16(20)19-11-13-6-7-15(10-14(13)12-19)21-9-8-18(4)5;/h6-7,10H,8-9,11-12H2,1-5H3;1H4. The summed E-state index contributed by atoms with van der Waals surface area (Å²) >= 11 is 0. The fourth-order valence-corrected chi connectivity index (χ4v) is 2.26. The number of fused-ring (bicyclic) bond motifs is 1. The van der Waals surface area contributed by atoms with Gasteiger partial charge in [-0.15, -0.1) is 0 Å². The normalized spacial score (nSPS) is 13.6. The molecule has 0 N–H and O–H groups in total. The number of carbonyl (C=O) groups excluding carboxylic acids is 1. The molecular formula is C18H30N2O3. The highest BCUT2D eigenvalue weighted by molar-refractivity contribution is 5.69. The van der Waals surface area contributed by atoms with Gasteiger partial charge in [0.25, 0.3) is 0 Å². The second-order valence-electron chi connectivity index (χ2n) is 6.92. The van der Waals surface area contributed by atoms with Gasteiger partial charge in [0.15, 0.2) is 0 Å². The van der Waals surface area contributed by atoms with Crippen molar-refractivity contribution in [2.45, 2.75) is 46.9 Å². The molecule has 5 nitrogen and oxygen atoms in total. The highest BCUT2D eigenvalue weighted by Gasteiger charge is 2.27. The van der Waals surface area contributed by atoms with Crippen LogP contribution >= 0.6 is 0 Å². The van der Waals surface area contributed by atoms with Crippen molar-refractivity contribution in [3.8, 4) is 5.75 Å². The molecule has 0 saturated carbocycles. The topological polar surface area (TPSA) is 42.0 Å². The van der Waals surface area contributed by atoms with E-state index in [-0.39, 0.29) is 13.5 Å². The van der Waals surface area contributed by atoms with E-state index in [1.54, 1.807) is 4.90 Å². The van der Waals surface area contributed by atoms with Gasteiger partial charge in [-0.2, -0.15) is 0 Å². The van der Waals surface area contributed by atoms with Gasteiger partial charge >= 0.3 is 6.09 Å². The maximum Gasteiger partial charge on any atom is 0.410 e. The van der Waals surface area contributed by atoms with Crippen LogP contribution in [-0.4, -0.2) is 48.7 Å². The lowest BCUT2D eigenvalue weighted by Crippen LogP contribution is -2.33. The van der Waals surface area contributed by atoms with Crippen molar-refractivity contribution in [1.82, 2.24) is 9.80 Å². The molecule has 0 bridgehead atoms. The monoisotopic (exact) mass is 322 g/mol. The molecular weight excluding hydrogens is 292 g/mol. The lowest BCUT2D eigenvalue weighted by Gasteiger charge is -2.24. The maximum atomic E-state index is 12.1. The summed E-state index contributed by atoms with van der Waals surface area (Å²) in [4.78, 5) is 15.9. The maximum absolute atomic E-state index is 12.1. The molecule has 0 spiro atoms. The van der Waals surface area contributed by atoms with Gasteiger partial charge in [0.2, 0.25) is 0 Å². The van der Waals surface area contributed by atoms with E-state index in [0.29, 0.717) is 19.7 Å². The van der Waals surface area contributed by atoms with Gasteiger partial charge in [-0.25, -0.2) is 4.79 Å². The molecule has 0 atom stereocenters. The average Bonchev–Trinajstić information content (AvgIpc) is 2.79. The van der Waals surface area contributed by atoms with E-state index in [9.17, 15) is 4.79 Å². The largest absolute Gasteiger partial charge is 0.492 e. The van der Waals surface area contributed by atoms with E-state index >= 15 is 0 Å². The van der Waals surface area contributed by atoms with Gasteiger partial charge in [0.05, 0.1) is 0 Å². The van der Waals surface area contributed by atoms with Gasteiger partial charge in [-0.1, -0.05) is 13.5 Å². The highest BCUT2D eigenvalue weighted by atomic mass is 16.6. The SMILES string of the molecule is C.CN(C)CCOc1ccc2c(c1)CN(C(=O)OC(C)(C)C)C2. The Morgan fingerprint density at radius 1 is 1.22 bits per heavy atom. The van der Waals surface area contributed by atoms with Crippen molar-refractivity contribution < 1.29 is 14.3 Å². The summed E-state index contributed by atoms with van der Waals surface area (Å²) in [5, 5.41) is 0. The molecule has 1 aliphatic rings. The van der Waals surface area contributed by atoms with Crippen molar-refractivity contribution in [2.75, 3.05) is 27.2 Å². The van der Waals surface area contributed by atoms with Crippen LogP contribution in [0.5, 0.6) is 5.75 Å². The molecule has 1 heterocycles. The predicted octanol–water partition coefficient (Wildman–Crippen LogP) is 3.51. The van der Waals surface area contributed by atoms with Crippen LogP contribution in [0.25, 0.3) is 0 Å². The van der Waals surface area contributed by atoms with Gasteiger partial charge in [0.1, 0.15) is 18.0 Å². The minimum Gasteiger partial charge on any atom is -0.492 e. The fraction of sp³-hybridized carbons (Fsp3) is 0.611. The van der Waals surface area contributed by atoms with Crippen LogP contribution in [0.2, 0.25) is 0 Å². The van der Waals surface area contributed by atoms with Crippen LogP contribution in [0.3, 0.4) is 0 Å². The summed E-state index contributed by atoms with van der Waals surface area (Å²) < 4.78 is 11.2. The average molecular weight is 322 g/mol. The molecule has 1 aliphatic heterocycles. The number of hydrogen-bond donors (Lipinski definition) is 0. The Morgan fingerprint density at radius 2 is 1.87 bits per heavy atom. The Balaban J connectivity index is 0.00000264. The van der Waals surface area contributed by atoms with E-state index in [0.717, 1.165) is 23.4 Å². The van der Waals surface area contributed by atoms with Crippen molar-refractivity contribution in [2.24, 2.45) is 0 Å². The second-order valence-corrected chi connectivity index (χ2v) is 6.92. The lowest BCUT2D eigenvalue weighted by molar-refractivity contribution is 0.0242. The smallest absolute Gasteiger partial charge is 0.410 e. The Morgan fingerprint density at radius 3 is 2.48 bits per heavy atom. The van der Waals surface area contributed by atoms with E-state index < -0.39 is 5.60 Å². The minimum atomic E-state index is -0.466. The Bertz CT molecular complexity index is 536. The Kier molecular flexibility index (Phi) is 6.45. The third-order valence-corrected chi connectivity index (χ3v) is 3.36. The molecule has 0 radical (unpaired) electrons. The summed E-state index contributed by atoms with van der Waals surface area (Å²) in [6, 6.07) is 6.02. The van der Waals surface area contributed by atoms with Crippen LogP contribution in [-0.2, 0) is 17.8 Å². The van der Waals surface area contributed by atoms with Crippen LogP contribution in [0, 0.1) is 0 Å². The molecule has 2 rings (SSSR count). The third kappa shape index (κ3) is 5.75. The predicted molar refractivity (Wildman–Crippen MR) is 92.7 cm³/mol. The fourth-order valence-electron chi connectivity index (χ4n) is 2.26. The summed E-state index contributed by atoms with van der Waals surface area (Å²) in [6.07, 6.45) is -0.265. The molecule has 130 valence electrons. The van der Waals surface area contributed by atoms with Gasteiger partial charge < -0.3 is 14.4 Å². The number of likely N-dealkylation sites (N-methyl/N-ethyl adjacent to an activating group) is 1. The first-order valence-corrected chi connectivity index (χ1v) is 7.62. The summed E-state index contributed by atoms with van der Waals surface area (Å²) in [7, 11) is 4.04. The number of nitrogens with zero attached hydrogens (tertiary/aromatic N) is 2. The summed E-state index contributed by atoms with van der Waals surface area (Å²) in [5.74, 6) is 0.853. The van der Waals surface area contributed by atoms with Gasteiger partial charge in [-0.05, 0) is 58.1 Å². The van der Waals surface area contributed by atoms with E-state index in [1.807, 2.05) is 53.1 Å². The van der Waals surface area contributed by atoms with Crippen LogP contribution < -0.4 is 4.74 Å². The molecule has 23 heavy (non-hydrogen) atoms. The number of ether oxygens (including phenoxy) is 2. The zero-order chi connectivity index (χ0) is 16.3. The number of amides is 1. The number of hydrogen-bond acceptors (Lipinski definition) is 4. The molecule has 0 aromatic heterocycles. The van der Waals surface area contributed by atoms with Crippen molar-refractivity contribution in [1.29, 1.82) is 0 Å². The van der Waals surface area contributed by atoms with Crippen LogP contribution in [0.1, 0.15) is 39.3 Å². The zero-order valence-electron chi connectivity index (χ0n) is 14.2. The van der Waals surface area contributed by atoms with Gasteiger partial charge in [-0.3, -0.25) is 4.90 Å². The molecule has 0 aliphatic carbocycles. The molecule has 0 unspecified atom stereocenters. The molecule has 1 amide bonds. The number of carbonyl (C=O) groups is 1. The Labute approximate surface area is 140 Å². The first-order valence-electron chi connectivity index (χ1n) is 7.62. The van der Waals surface area contributed by atoms with Crippen LogP contribution in [0.15, 0.2) is 18.2 Å². The molecule has 1 aromatic rings. The van der Waals surface area contributed by atoms with Crippen LogP contribution in [0.4, 0.5) is 4.79 Å². The quantitative estimate of drug-likeness (QED) is 0.850. The molecule has 5 heteroatoms. The van der Waals surface area contributed by atoms with E-state index in [2.05, 4.69) is 4.90 Å². The summed E-state index contributed by atoms with van der Waals surface area (Å²) in [5.41, 5.74) is 1.82. The van der Waals surface area contributed by atoms with E-state index in [1.165, 1.54) is 0 Å². The highest BCUT2D eigenvalue weighted by Crippen LogP contribution is 2.28. The lowest BCUT2D eigenvalue weighted by atomic mass is 10.1.